The Kier molecular flexibility index (Phi) is 3.61. The average molecular weight is 320 g/mol. The summed E-state index contributed by atoms with van der Waals surface area (Å²) in [6, 6.07) is 21.6. The Balaban J connectivity index is 1.84. The highest BCUT2D eigenvalue weighted by molar-refractivity contribution is 5.36. The van der Waals surface area contributed by atoms with Crippen LogP contribution in [0.3, 0.4) is 0 Å². The molecular weight excluding hydrogens is 292 g/mol. The molecule has 0 aromatic heterocycles. The SMILES string of the molecule is CC1(C)C2CC[C@@]1(C)C(O)C2C(c1ccccc1)c1ccccc1. The van der Waals surface area contributed by atoms with Crippen molar-refractivity contribution in [3.63, 3.8) is 0 Å². The monoisotopic (exact) mass is 320 g/mol. The number of aliphatic hydroxyl groups excluding tert-OH is 1. The zero-order valence-electron chi connectivity index (χ0n) is 14.9. The van der Waals surface area contributed by atoms with E-state index in [2.05, 4.69) is 81.4 Å². The Bertz CT molecular complexity index is 666. The van der Waals surface area contributed by atoms with Crippen LogP contribution in [0.15, 0.2) is 60.7 Å². The number of hydrogen-bond donors (Lipinski definition) is 1. The highest BCUT2D eigenvalue weighted by Gasteiger charge is 2.67. The van der Waals surface area contributed by atoms with Crippen LogP contribution in [0.2, 0.25) is 0 Å². The van der Waals surface area contributed by atoms with E-state index in [0.717, 1.165) is 6.42 Å². The van der Waals surface area contributed by atoms with Crippen LogP contribution >= 0.6 is 0 Å². The lowest BCUT2D eigenvalue weighted by atomic mass is 9.69. The van der Waals surface area contributed by atoms with Crippen molar-refractivity contribution in [3.8, 4) is 0 Å². The lowest BCUT2D eigenvalue weighted by molar-refractivity contribution is -0.0139. The third-order valence-electron chi connectivity index (χ3n) is 7.56. The van der Waals surface area contributed by atoms with Crippen LogP contribution in [0.25, 0.3) is 0 Å². The highest BCUT2D eigenvalue weighted by Crippen LogP contribution is 2.70. The molecular formula is C23H28O. The van der Waals surface area contributed by atoms with Gasteiger partial charge in [0.2, 0.25) is 0 Å². The van der Waals surface area contributed by atoms with E-state index in [1.165, 1.54) is 17.5 Å². The van der Waals surface area contributed by atoms with Gasteiger partial charge in [-0.1, -0.05) is 81.4 Å². The van der Waals surface area contributed by atoms with Gasteiger partial charge in [-0.2, -0.15) is 0 Å². The number of fused-ring (bicyclic) bond motifs is 2. The second-order valence-electron chi connectivity index (χ2n) is 8.61. The molecule has 2 aliphatic rings. The Morgan fingerprint density at radius 1 is 0.875 bits per heavy atom. The van der Waals surface area contributed by atoms with Crippen molar-refractivity contribution in [2.45, 2.75) is 45.6 Å². The molecule has 1 heteroatoms. The van der Waals surface area contributed by atoms with E-state index in [1.54, 1.807) is 0 Å². The van der Waals surface area contributed by atoms with E-state index in [-0.39, 0.29) is 22.9 Å². The van der Waals surface area contributed by atoms with Crippen LogP contribution in [0.5, 0.6) is 0 Å². The van der Waals surface area contributed by atoms with Crippen LogP contribution < -0.4 is 0 Å². The van der Waals surface area contributed by atoms with Crippen molar-refractivity contribution in [2.75, 3.05) is 0 Å². The maximum Gasteiger partial charge on any atom is 0.0639 e. The van der Waals surface area contributed by atoms with Crippen LogP contribution in [-0.4, -0.2) is 11.2 Å². The number of rotatable bonds is 3. The van der Waals surface area contributed by atoms with E-state index in [9.17, 15) is 5.11 Å². The van der Waals surface area contributed by atoms with Gasteiger partial charge in [0.05, 0.1) is 6.10 Å². The first kappa shape index (κ1) is 15.9. The molecule has 2 fully saturated rings. The predicted molar refractivity (Wildman–Crippen MR) is 98.8 cm³/mol. The van der Waals surface area contributed by atoms with Crippen LogP contribution in [-0.2, 0) is 0 Å². The minimum Gasteiger partial charge on any atom is -0.392 e. The molecule has 0 radical (unpaired) electrons. The first-order valence-corrected chi connectivity index (χ1v) is 9.25. The molecule has 0 amide bonds. The van der Waals surface area contributed by atoms with Gasteiger partial charge in [-0.25, -0.2) is 0 Å². The largest absolute Gasteiger partial charge is 0.392 e. The standard InChI is InChI=1S/C23H28O/c1-22(2)18-14-15-23(22,3)21(24)20(18)19(16-10-6-4-7-11-16)17-12-8-5-9-13-17/h4-13,18-21,24H,14-15H2,1-3H3/t18?,20?,21?,23-/m0/s1. The Morgan fingerprint density at radius 2 is 1.38 bits per heavy atom. The molecule has 0 spiro atoms. The zero-order valence-corrected chi connectivity index (χ0v) is 14.9. The van der Waals surface area contributed by atoms with E-state index in [4.69, 9.17) is 0 Å². The molecule has 2 bridgehead atoms. The van der Waals surface area contributed by atoms with Crippen molar-refractivity contribution in [1.29, 1.82) is 0 Å². The molecule has 0 aliphatic heterocycles. The lowest BCUT2D eigenvalue weighted by Gasteiger charge is -2.39. The van der Waals surface area contributed by atoms with Crippen molar-refractivity contribution in [2.24, 2.45) is 22.7 Å². The maximum atomic E-state index is 11.4. The van der Waals surface area contributed by atoms with Crippen molar-refractivity contribution in [3.05, 3.63) is 71.8 Å². The summed E-state index contributed by atoms with van der Waals surface area (Å²) in [5.74, 6) is 1.14. The van der Waals surface area contributed by atoms with Gasteiger partial charge in [-0.05, 0) is 46.6 Å². The van der Waals surface area contributed by atoms with Gasteiger partial charge in [0, 0.05) is 5.92 Å². The summed E-state index contributed by atoms with van der Waals surface area (Å²) in [6.45, 7) is 7.06. The lowest BCUT2D eigenvalue weighted by Crippen LogP contribution is -2.39. The first-order valence-electron chi connectivity index (χ1n) is 9.25. The van der Waals surface area contributed by atoms with Gasteiger partial charge < -0.3 is 5.11 Å². The predicted octanol–water partition coefficient (Wildman–Crippen LogP) is 5.25. The second-order valence-corrected chi connectivity index (χ2v) is 8.61. The number of benzene rings is 2. The quantitative estimate of drug-likeness (QED) is 0.818. The molecule has 4 rings (SSSR count). The fraction of sp³-hybridized carbons (Fsp3) is 0.478. The molecule has 4 atom stereocenters. The zero-order chi connectivity index (χ0) is 16.9. The van der Waals surface area contributed by atoms with Gasteiger partial charge in [-0.3, -0.25) is 0 Å². The van der Waals surface area contributed by atoms with Gasteiger partial charge >= 0.3 is 0 Å². The molecule has 1 N–H and O–H groups in total. The fourth-order valence-electron chi connectivity index (χ4n) is 5.78. The molecule has 126 valence electrons. The van der Waals surface area contributed by atoms with Gasteiger partial charge in [-0.15, -0.1) is 0 Å². The summed E-state index contributed by atoms with van der Waals surface area (Å²) < 4.78 is 0. The molecule has 2 saturated carbocycles. The van der Waals surface area contributed by atoms with Crippen molar-refractivity contribution >= 4 is 0 Å². The van der Waals surface area contributed by atoms with Gasteiger partial charge in [0.1, 0.15) is 0 Å². The second kappa shape index (κ2) is 5.46. The van der Waals surface area contributed by atoms with Crippen molar-refractivity contribution in [1.82, 2.24) is 0 Å². The molecule has 2 aromatic carbocycles. The average Bonchev–Trinajstić information content (AvgIpc) is 2.91. The molecule has 0 saturated heterocycles. The molecule has 24 heavy (non-hydrogen) atoms. The molecule has 2 aromatic rings. The van der Waals surface area contributed by atoms with Crippen LogP contribution in [0, 0.1) is 22.7 Å². The number of aliphatic hydroxyl groups is 1. The Morgan fingerprint density at radius 3 is 1.79 bits per heavy atom. The summed E-state index contributed by atoms with van der Waals surface area (Å²) in [4.78, 5) is 0. The van der Waals surface area contributed by atoms with Crippen molar-refractivity contribution < 1.29 is 5.11 Å². The third-order valence-corrected chi connectivity index (χ3v) is 7.56. The summed E-state index contributed by atoms with van der Waals surface area (Å²) in [6.07, 6.45) is 2.15. The van der Waals surface area contributed by atoms with E-state index in [0.29, 0.717) is 11.8 Å². The van der Waals surface area contributed by atoms with E-state index >= 15 is 0 Å². The molecule has 3 unspecified atom stereocenters. The minimum atomic E-state index is -0.239. The minimum absolute atomic E-state index is 0.0319. The molecule has 2 aliphatic carbocycles. The topological polar surface area (TPSA) is 20.2 Å². The fourth-order valence-corrected chi connectivity index (χ4v) is 5.78. The highest BCUT2D eigenvalue weighted by atomic mass is 16.3. The summed E-state index contributed by atoms with van der Waals surface area (Å²) in [5.41, 5.74) is 2.89. The summed E-state index contributed by atoms with van der Waals surface area (Å²) in [7, 11) is 0. The normalized spacial score (nSPS) is 34.0. The van der Waals surface area contributed by atoms with E-state index in [1.807, 2.05) is 0 Å². The summed E-state index contributed by atoms with van der Waals surface area (Å²) >= 11 is 0. The van der Waals surface area contributed by atoms with Crippen LogP contribution in [0.1, 0.15) is 50.7 Å². The number of hydrogen-bond acceptors (Lipinski definition) is 1. The maximum absolute atomic E-state index is 11.4. The van der Waals surface area contributed by atoms with Gasteiger partial charge in [0.15, 0.2) is 0 Å². The Labute approximate surface area is 145 Å². The third kappa shape index (κ3) is 2.04. The van der Waals surface area contributed by atoms with Crippen LogP contribution in [0.4, 0.5) is 0 Å². The Hall–Kier alpha value is -1.60. The first-order chi connectivity index (χ1) is 11.5. The molecule has 1 nitrogen and oxygen atoms in total. The summed E-state index contributed by atoms with van der Waals surface area (Å²) in [5, 5.41) is 11.4. The molecule has 0 heterocycles. The van der Waals surface area contributed by atoms with Gasteiger partial charge in [0.25, 0.3) is 0 Å². The van der Waals surface area contributed by atoms with E-state index < -0.39 is 0 Å². The smallest absolute Gasteiger partial charge is 0.0639 e.